The molecule has 1 saturated heterocycles. The fraction of sp³-hybridized carbons (Fsp3) is 0.438. The topological polar surface area (TPSA) is 51.3 Å². The Morgan fingerprint density at radius 1 is 1.10 bits per heavy atom. The molecule has 1 amide bonds. The Morgan fingerprint density at radius 3 is 2.60 bits per heavy atom. The third kappa shape index (κ3) is 2.64. The number of nitrogens with zero attached hydrogens (tertiary/aromatic N) is 2. The van der Waals surface area contributed by atoms with Crippen molar-refractivity contribution in [3.05, 3.63) is 30.5 Å². The molecule has 0 radical (unpaired) electrons. The van der Waals surface area contributed by atoms with Gasteiger partial charge in [-0.25, -0.2) is 0 Å². The Labute approximate surface area is 119 Å². The first-order chi connectivity index (χ1) is 9.74. The summed E-state index contributed by atoms with van der Waals surface area (Å²) in [7, 11) is 0. The van der Waals surface area contributed by atoms with Gasteiger partial charge in [-0.05, 0) is 36.4 Å². The molecule has 2 N–H and O–H groups in total. The summed E-state index contributed by atoms with van der Waals surface area (Å²) in [5.41, 5.74) is 7.61. The van der Waals surface area contributed by atoms with E-state index in [1.54, 1.807) is 0 Å². The van der Waals surface area contributed by atoms with E-state index in [4.69, 9.17) is 5.73 Å². The fourth-order valence-electron chi connectivity index (χ4n) is 2.90. The quantitative estimate of drug-likeness (QED) is 0.854. The summed E-state index contributed by atoms with van der Waals surface area (Å²) in [6.45, 7) is 2.22. The molecule has 3 rings (SSSR count). The lowest BCUT2D eigenvalue weighted by atomic mass is 10.2. The molecule has 1 aromatic heterocycles. The first-order valence-electron chi connectivity index (χ1n) is 7.36. The first-order valence-corrected chi connectivity index (χ1v) is 7.36. The van der Waals surface area contributed by atoms with Gasteiger partial charge in [0.25, 0.3) is 0 Å². The smallest absolute Gasteiger partial charge is 0.242 e. The van der Waals surface area contributed by atoms with Crippen LogP contribution in [0.15, 0.2) is 30.5 Å². The van der Waals surface area contributed by atoms with Gasteiger partial charge >= 0.3 is 0 Å². The van der Waals surface area contributed by atoms with Crippen molar-refractivity contribution in [3.63, 3.8) is 0 Å². The van der Waals surface area contributed by atoms with Crippen molar-refractivity contribution in [2.45, 2.75) is 32.2 Å². The molecule has 2 aromatic rings. The Hall–Kier alpha value is -1.97. The number of anilines is 1. The van der Waals surface area contributed by atoms with Crippen LogP contribution in [-0.2, 0) is 11.3 Å². The van der Waals surface area contributed by atoms with Gasteiger partial charge < -0.3 is 15.2 Å². The van der Waals surface area contributed by atoms with Crippen LogP contribution in [0.1, 0.15) is 25.7 Å². The van der Waals surface area contributed by atoms with E-state index in [1.165, 1.54) is 12.8 Å². The number of hydrogen-bond donors (Lipinski definition) is 1. The summed E-state index contributed by atoms with van der Waals surface area (Å²) in [5.74, 6) is 0.215. The van der Waals surface area contributed by atoms with E-state index in [0.717, 1.165) is 42.5 Å². The highest BCUT2D eigenvalue weighted by atomic mass is 16.2. The van der Waals surface area contributed by atoms with Gasteiger partial charge in [0.2, 0.25) is 5.91 Å². The number of benzene rings is 1. The number of likely N-dealkylation sites (tertiary alicyclic amines) is 1. The van der Waals surface area contributed by atoms with Crippen molar-refractivity contribution in [1.29, 1.82) is 0 Å². The third-order valence-corrected chi connectivity index (χ3v) is 4.06. The average molecular weight is 271 g/mol. The Balaban J connectivity index is 1.78. The van der Waals surface area contributed by atoms with Gasteiger partial charge in [-0.3, -0.25) is 4.79 Å². The van der Waals surface area contributed by atoms with Crippen molar-refractivity contribution in [2.75, 3.05) is 18.8 Å². The summed E-state index contributed by atoms with van der Waals surface area (Å²) in [4.78, 5) is 14.4. The predicted molar refractivity (Wildman–Crippen MR) is 81.4 cm³/mol. The fourth-order valence-corrected chi connectivity index (χ4v) is 2.90. The van der Waals surface area contributed by atoms with Crippen LogP contribution in [0.5, 0.6) is 0 Å². The highest BCUT2D eigenvalue weighted by molar-refractivity contribution is 5.85. The molecule has 0 spiro atoms. The molecule has 4 heteroatoms. The van der Waals surface area contributed by atoms with Crippen molar-refractivity contribution in [3.8, 4) is 0 Å². The highest BCUT2D eigenvalue weighted by Crippen LogP contribution is 2.19. The maximum absolute atomic E-state index is 12.4. The number of nitrogens with two attached hydrogens (primary N) is 1. The van der Waals surface area contributed by atoms with Gasteiger partial charge in [0.05, 0.1) is 5.52 Å². The van der Waals surface area contributed by atoms with Gasteiger partial charge in [0.15, 0.2) is 0 Å². The van der Waals surface area contributed by atoms with Crippen LogP contribution in [-0.4, -0.2) is 28.5 Å². The monoisotopic (exact) mass is 271 g/mol. The molecule has 1 fully saturated rings. The van der Waals surface area contributed by atoms with Crippen LogP contribution in [0.4, 0.5) is 5.69 Å². The number of fused-ring (bicyclic) bond motifs is 1. The van der Waals surface area contributed by atoms with Crippen LogP contribution >= 0.6 is 0 Å². The Kier molecular flexibility index (Phi) is 3.63. The van der Waals surface area contributed by atoms with Gasteiger partial charge in [-0.15, -0.1) is 0 Å². The number of carbonyl (C=O) groups excluding carboxylic acids is 1. The second-order valence-corrected chi connectivity index (χ2v) is 5.56. The molecule has 106 valence electrons. The third-order valence-electron chi connectivity index (χ3n) is 4.06. The number of amides is 1. The second kappa shape index (κ2) is 5.57. The number of carbonyl (C=O) groups is 1. The van der Waals surface area contributed by atoms with Crippen molar-refractivity contribution in [2.24, 2.45) is 0 Å². The van der Waals surface area contributed by atoms with Crippen LogP contribution in [0, 0.1) is 0 Å². The number of rotatable bonds is 2. The molecule has 0 bridgehead atoms. The summed E-state index contributed by atoms with van der Waals surface area (Å²) in [6, 6.07) is 7.86. The summed E-state index contributed by atoms with van der Waals surface area (Å²) in [6.07, 6.45) is 6.72. The maximum Gasteiger partial charge on any atom is 0.242 e. The van der Waals surface area contributed by atoms with Gasteiger partial charge in [-0.2, -0.15) is 0 Å². The minimum atomic E-state index is 0.215. The van der Waals surface area contributed by atoms with Gasteiger partial charge in [0.1, 0.15) is 6.54 Å². The van der Waals surface area contributed by atoms with Gasteiger partial charge in [-0.1, -0.05) is 18.9 Å². The molecule has 0 atom stereocenters. The number of nitrogen functional groups attached to an aromatic ring is 1. The van der Waals surface area contributed by atoms with Crippen LogP contribution < -0.4 is 5.73 Å². The molecule has 20 heavy (non-hydrogen) atoms. The van der Waals surface area contributed by atoms with E-state index >= 15 is 0 Å². The average Bonchev–Trinajstić information content (AvgIpc) is 2.67. The minimum absolute atomic E-state index is 0.215. The molecule has 1 aliphatic heterocycles. The van der Waals surface area contributed by atoms with Crippen molar-refractivity contribution in [1.82, 2.24) is 9.47 Å². The zero-order valence-corrected chi connectivity index (χ0v) is 11.7. The molecule has 4 nitrogen and oxygen atoms in total. The standard InChI is InChI=1S/C16H21N3O/c17-14-6-5-13-7-10-19(15(13)11-14)12-16(20)18-8-3-1-2-4-9-18/h5-7,10-11H,1-4,8-9,12,17H2. The normalized spacial score (nSPS) is 16.3. The molecule has 1 aliphatic rings. The molecule has 2 heterocycles. The molecular weight excluding hydrogens is 250 g/mol. The maximum atomic E-state index is 12.4. The Morgan fingerprint density at radius 2 is 1.85 bits per heavy atom. The van der Waals surface area contributed by atoms with Crippen LogP contribution in [0.3, 0.4) is 0 Å². The van der Waals surface area contributed by atoms with Crippen molar-refractivity contribution >= 4 is 22.5 Å². The zero-order valence-electron chi connectivity index (χ0n) is 11.7. The molecule has 0 unspecified atom stereocenters. The first kappa shape index (κ1) is 13.0. The summed E-state index contributed by atoms with van der Waals surface area (Å²) in [5, 5.41) is 1.13. The highest BCUT2D eigenvalue weighted by Gasteiger charge is 2.16. The lowest BCUT2D eigenvalue weighted by Crippen LogP contribution is -2.34. The van der Waals surface area contributed by atoms with Gasteiger partial charge in [0, 0.05) is 25.0 Å². The van der Waals surface area contributed by atoms with E-state index in [-0.39, 0.29) is 5.91 Å². The van der Waals surface area contributed by atoms with Crippen molar-refractivity contribution < 1.29 is 4.79 Å². The van der Waals surface area contributed by atoms with Crippen LogP contribution in [0.2, 0.25) is 0 Å². The zero-order chi connectivity index (χ0) is 13.9. The lowest BCUT2D eigenvalue weighted by Gasteiger charge is -2.20. The molecule has 1 aromatic carbocycles. The Bertz CT molecular complexity index is 609. The van der Waals surface area contributed by atoms with E-state index in [9.17, 15) is 4.79 Å². The predicted octanol–water partition coefficient (Wildman–Crippen LogP) is 2.63. The summed E-state index contributed by atoms with van der Waals surface area (Å²) >= 11 is 0. The second-order valence-electron chi connectivity index (χ2n) is 5.56. The molecular formula is C16H21N3O. The molecule has 0 aliphatic carbocycles. The van der Waals surface area contributed by atoms with Crippen LogP contribution in [0.25, 0.3) is 10.9 Å². The van der Waals surface area contributed by atoms with E-state index in [1.807, 2.05) is 39.9 Å². The SMILES string of the molecule is Nc1ccc2ccn(CC(=O)N3CCCCCC3)c2c1. The largest absolute Gasteiger partial charge is 0.399 e. The lowest BCUT2D eigenvalue weighted by molar-refractivity contribution is -0.131. The van der Waals surface area contributed by atoms with E-state index in [0.29, 0.717) is 6.54 Å². The number of aromatic nitrogens is 1. The summed E-state index contributed by atoms with van der Waals surface area (Å²) < 4.78 is 2.00. The number of hydrogen-bond acceptors (Lipinski definition) is 2. The molecule has 0 saturated carbocycles. The van der Waals surface area contributed by atoms with E-state index < -0.39 is 0 Å². The minimum Gasteiger partial charge on any atom is -0.399 e. The van der Waals surface area contributed by atoms with E-state index in [2.05, 4.69) is 0 Å².